The molecule has 9 nitrogen and oxygen atoms in total. The molecule has 254 valence electrons. The molecule has 1 aromatic heterocycles. The maximum absolute atomic E-state index is 14.8. The van der Waals surface area contributed by atoms with E-state index >= 15 is 0 Å². The van der Waals surface area contributed by atoms with E-state index in [1.165, 1.54) is 6.08 Å². The number of fused-ring (bicyclic) bond motifs is 4. The number of benzene rings is 2. The van der Waals surface area contributed by atoms with Crippen LogP contribution in [0.4, 0.5) is 25.0 Å². The van der Waals surface area contributed by atoms with Crippen molar-refractivity contribution in [3.8, 4) is 11.1 Å². The molecule has 2 unspecified atom stereocenters. The van der Waals surface area contributed by atoms with E-state index in [1.807, 2.05) is 33.8 Å². The summed E-state index contributed by atoms with van der Waals surface area (Å²) in [5.74, 6) is -2.61. The van der Waals surface area contributed by atoms with Crippen molar-refractivity contribution in [2.24, 2.45) is 5.92 Å². The van der Waals surface area contributed by atoms with Gasteiger partial charge in [0.25, 0.3) is 0 Å². The van der Waals surface area contributed by atoms with Crippen molar-refractivity contribution < 1.29 is 32.6 Å². The van der Waals surface area contributed by atoms with Crippen LogP contribution in [0.5, 0.6) is 0 Å². The van der Waals surface area contributed by atoms with Crippen LogP contribution in [0.1, 0.15) is 70.7 Å². The van der Waals surface area contributed by atoms with Crippen molar-refractivity contribution >= 4 is 46.5 Å². The molecule has 3 amide bonds. The summed E-state index contributed by atoms with van der Waals surface area (Å²) in [7, 11) is 0. The van der Waals surface area contributed by atoms with Gasteiger partial charge in [-0.1, -0.05) is 31.0 Å². The van der Waals surface area contributed by atoms with Crippen LogP contribution >= 0.6 is 11.6 Å². The first-order valence-corrected chi connectivity index (χ1v) is 16.3. The minimum absolute atomic E-state index is 0.0776. The van der Waals surface area contributed by atoms with E-state index in [2.05, 4.69) is 15.6 Å². The molecule has 0 aliphatic carbocycles. The zero-order valence-corrected chi connectivity index (χ0v) is 28.1. The number of carbonyl (C=O) groups excluding carboxylic acids is 3. The number of aromatic nitrogens is 1. The van der Waals surface area contributed by atoms with E-state index in [-0.39, 0.29) is 59.8 Å². The summed E-state index contributed by atoms with van der Waals surface area (Å²) >= 11 is 5.91. The Morgan fingerprint density at radius 2 is 1.90 bits per heavy atom. The second-order valence-electron chi connectivity index (χ2n) is 13.0. The summed E-state index contributed by atoms with van der Waals surface area (Å²) in [4.78, 5) is 45.6. The van der Waals surface area contributed by atoms with E-state index in [9.17, 15) is 23.2 Å². The van der Waals surface area contributed by atoms with Crippen molar-refractivity contribution in [3.63, 3.8) is 0 Å². The lowest BCUT2D eigenvalue weighted by Gasteiger charge is -2.34. The van der Waals surface area contributed by atoms with E-state index in [0.29, 0.717) is 41.9 Å². The molecule has 0 fully saturated rings. The van der Waals surface area contributed by atoms with Gasteiger partial charge in [-0.25, -0.2) is 13.6 Å². The fraction of sp³-hybridized carbons (Fsp3) is 0.389. The summed E-state index contributed by atoms with van der Waals surface area (Å²) in [6.07, 6.45) is 4.17. The first-order chi connectivity index (χ1) is 22.8. The van der Waals surface area contributed by atoms with Crippen molar-refractivity contribution in [1.29, 1.82) is 0 Å². The van der Waals surface area contributed by atoms with E-state index in [1.54, 1.807) is 35.4 Å². The molecule has 2 aromatic carbocycles. The normalized spacial score (nSPS) is 18.6. The summed E-state index contributed by atoms with van der Waals surface area (Å²) in [5, 5.41) is 5.51. The molecule has 48 heavy (non-hydrogen) atoms. The monoisotopic (exact) mass is 680 g/mol. The Bertz CT molecular complexity index is 1740. The Hall–Kier alpha value is -4.35. The van der Waals surface area contributed by atoms with Crippen LogP contribution in [-0.2, 0) is 19.1 Å². The highest BCUT2D eigenvalue weighted by molar-refractivity contribution is 6.31. The third-order valence-electron chi connectivity index (χ3n) is 8.32. The number of hydrogen-bond donors (Lipinski definition) is 2. The van der Waals surface area contributed by atoms with Crippen LogP contribution in [0, 0.1) is 17.6 Å². The number of pyridine rings is 1. The van der Waals surface area contributed by atoms with Gasteiger partial charge in [0.1, 0.15) is 12.4 Å². The van der Waals surface area contributed by atoms with Gasteiger partial charge in [0.2, 0.25) is 11.8 Å². The fourth-order valence-corrected chi connectivity index (χ4v) is 6.02. The van der Waals surface area contributed by atoms with Gasteiger partial charge in [-0.15, -0.1) is 0 Å². The lowest BCUT2D eigenvalue weighted by Crippen LogP contribution is -2.38. The van der Waals surface area contributed by atoms with Gasteiger partial charge in [-0.2, -0.15) is 0 Å². The van der Waals surface area contributed by atoms with Crippen LogP contribution in [0.2, 0.25) is 5.02 Å². The molecule has 0 spiro atoms. The lowest BCUT2D eigenvalue weighted by molar-refractivity contribution is -0.129. The highest BCUT2D eigenvalue weighted by Crippen LogP contribution is 2.38. The molecule has 2 N–H and O–H groups in total. The third-order valence-corrected chi connectivity index (χ3v) is 8.61. The lowest BCUT2D eigenvalue weighted by atomic mass is 9.92. The minimum Gasteiger partial charge on any atom is -0.447 e. The zero-order chi connectivity index (χ0) is 34.6. The predicted octanol–water partition coefficient (Wildman–Crippen LogP) is 8.16. The van der Waals surface area contributed by atoms with E-state index < -0.39 is 29.7 Å². The molecule has 0 saturated carbocycles. The van der Waals surface area contributed by atoms with Crippen molar-refractivity contribution in [2.45, 2.75) is 65.0 Å². The van der Waals surface area contributed by atoms with Crippen LogP contribution in [-0.4, -0.2) is 53.2 Å². The van der Waals surface area contributed by atoms with Crippen LogP contribution in [0.3, 0.4) is 0 Å². The number of anilines is 2. The Labute approximate surface area is 283 Å². The smallest absolute Gasteiger partial charge is 0.411 e. The van der Waals surface area contributed by atoms with Crippen LogP contribution in [0.25, 0.3) is 16.7 Å². The third kappa shape index (κ3) is 8.38. The zero-order valence-electron chi connectivity index (χ0n) is 27.4. The van der Waals surface area contributed by atoms with Gasteiger partial charge < -0.3 is 19.7 Å². The molecule has 0 radical (unpaired) electrons. The summed E-state index contributed by atoms with van der Waals surface area (Å²) < 4.78 is 40.2. The highest BCUT2D eigenvalue weighted by Gasteiger charge is 2.31. The quantitative estimate of drug-likeness (QED) is 0.201. The molecule has 0 saturated heterocycles. The van der Waals surface area contributed by atoms with Crippen molar-refractivity contribution in [1.82, 2.24) is 9.88 Å². The van der Waals surface area contributed by atoms with Gasteiger partial charge >= 0.3 is 6.09 Å². The molecule has 2 atom stereocenters. The number of nitrogens with zero attached hydrogens (tertiary/aromatic N) is 2. The summed E-state index contributed by atoms with van der Waals surface area (Å²) in [6.45, 7) is 8.11. The maximum Gasteiger partial charge on any atom is 0.411 e. The number of halogens is 3. The average Bonchev–Trinajstić information content (AvgIpc) is 3.03. The van der Waals surface area contributed by atoms with Gasteiger partial charge in [0, 0.05) is 36.0 Å². The van der Waals surface area contributed by atoms with Gasteiger partial charge in [0.05, 0.1) is 40.2 Å². The second kappa shape index (κ2) is 14.8. The van der Waals surface area contributed by atoms with E-state index in [0.717, 1.165) is 17.7 Å². The highest BCUT2D eigenvalue weighted by atomic mass is 35.5. The average molecular weight is 681 g/mol. The summed E-state index contributed by atoms with van der Waals surface area (Å²) in [5.41, 5.74) is 2.60. The van der Waals surface area contributed by atoms with Crippen LogP contribution in [0.15, 0.2) is 54.7 Å². The molecule has 2 aliphatic heterocycles. The van der Waals surface area contributed by atoms with Gasteiger partial charge in [-0.05, 0) is 87.6 Å². The molecule has 5 rings (SSSR count). The molecular weight excluding hydrogens is 642 g/mol. The predicted molar refractivity (Wildman–Crippen MR) is 180 cm³/mol. The molecule has 2 aliphatic rings. The van der Waals surface area contributed by atoms with E-state index in [4.69, 9.17) is 21.1 Å². The topological polar surface area (TPSA) is 110 Å². The summed E-state index contributed by atoms with van der Waals surface area (Å²) in [6, 6.07) is 10.6. The second-order valence-corrected chi connectivity index (χ2v) is 13.4. The molecule has 2 bridgehead atoms. The molecule has 3 aromatic rings. The van der Waals surface area contributed by atoms with Gasteiger partial charge in [-0.3, -0.25) is 19.9 Å². The SMILES string of the molecule is CC1CCCC(N2CCC(c3c(F)ccc(Cl)c3F)=CC2=O)c2cc(ccn2)-c2ccc(NC(=O)OCCOC(C)(C)C)cc2NC1=O. The number of amides is 3. The first-order valence-electron chi connectivity index (χ1n) is 15.9. The number of ether oxygens (including phenoxy) is 2. The Morgan fingerprint density at radius 1 is 1.10 bits per heavy atom. The fourth-order valence-electron chi connectivity index (χ4n) is 5.86. The largest absolute Gasteiger partial charge is 0.447 e. The molecule has 12 heteroatoms. The number of carbonyl (C=O) groups is 3. The molecular formula is C36H39ClF2N4O5. The Balaban J connectivity index is 1.42. The Kier molecular flexibility index (Phi) is 10.8. The van der Waals surface area contributed by atoms with Crippen molar-refractivity contribution in [3.05, 3.63) is 82.7 Å². The Morgan fingerprint density at radius 3 is 2.65 bits per heavy atom. The number of nitrogens with one attached hydrogen (secondary N) is 2. The first kappa shape index (κ1) is 35.0. The number of hydrogen-bond acceptors (Lipinski definition) is 6. The van der Waals surface area contributed by atoms with Crippen molar-refractivity contribution in [2.75, 3.05) is 30.4 Å². The minimum atomic E-state index is -0.892. The maximum atomic E-state index is 14.8. The standard InChI is InChI=1S/C36H39ClF2N4O5/c1-21-6-5-7-30(43-15-13-23(19-31(43)44)32-27(38)11-10-26(37)33(32)39)29-18-22(12-14-40-29)25-9-8-24(20-28(25)42-34(21)45)41-35(46)47-16-17-48-36(2,3)4/h8-12,14,18-21,30H,5-7,13,15-17H2,1-4H3,(H,41,46)(H,42,45). The number of rotatable bonds is 6. The van der Waals surface area contributed by atoms with Gasteiger partial charge in [0.15, 0.2) is 5.82 Å². The molecule has 3 heterocycles. The van der Waals surface area contributed by atoms with Crippen LogP contribution < -0.4 is 10.6 Å².